The average molecular weight is 294 g/mol. The van der Waals surface area contributed by atoms with Crippen LogP contribution in [-0.2, 0) is 7.05 Å². The lowest BCUT2D eigenvalue weighted by atomic mass is 10.3. The molecule has 0 atom stereocenters. The number of H-pyrrole nitrogens is 1. The average Bonchev–Trinajstić information content (AvgIpc) is 2.69. The molecule has 0 saturated carbocycles. The number of aryl methyl sites for hydroxylation is 1. The second kappa shape index (κ2) is 4.40. The van der Waals surface area contributed by atoms with E-state index in [0.717, 1.165) is 22.4 Å². The number of aromatic amines is 1. The fourth-order valence-electron chi connectivity index (χ4n) is 2.00. The van der Waals surface area contributed by atoms with Crippen molar-refractivity contribution in [2.75, 3.05) is 0 Å². The summed E-state index contributed by atoms with van der Waals surface area (Å²) in [5, 5.41) is 0.963. The van der Waals surface area contributed by atoms with Crippen LogP contribution in [-0.4, -0.2) is 14.5 Å². The standard InChI is InChI=1S/C13H9Cl2N3O/c1-18-11-5-9(15)8(14)4-10(11)17-13(18)7-2-3-12(19)16-6-7/h2-6H,1H3,(H,16,19). The van der Waals surface area contributed by atoms with Gasteiger partial charge in [-0.1, -0.05) is 23.2 Å². The molecule has 0 aliphatic carbocycles. The highest BCUT2D eigenvalue weighted by Gasteiger charge is 2.12. The van der Waals surface area contributed by atoms with Crippen LogP contribution in [0, 0.1) is 0 Å². The SMILES string of the molecule is Cn1c(-c2ccc(=O)[nH]c2)nc2cc(Cl)c(Cl)cc21. The van der Waals surface area contributed by atoms with Crippen LogP contribution in [0.1, 0.15) is 0 Å². The van der Waals surface area contributed by atoms with Gasteiger partial charge in [-0.05, 0) is 18.2 Å². The van der Waals surface area contributed by atoms with Crippen molar-refractivity contribution in [2.45, 2.75) is 0 Å². The van der Waals surface area contributed by atoms with Crippen molar-refractivity contribution in [1.82, 2.24) is 14.5 Å². The Morgan fingerprint density at radius 2 is 1.95 bits per heavy atom. The number of halogens is 2. The van der Waals surface area contributed by atoms with Gasteiger partial charge in [0.05, 0.1) is 21.1 Å². The Labute approximate surface area is 118 Å². The summed E-state index contributed by atoms with van der Waals surface area (Å²) in [6, 6.07) is 6.70. The zero-order chi connectivity index (χ0) is 13.6. The van der Waals surface area contributed by atoms with Gasteiger partial charge >= 0.3 is 0 Å². The Hall–Kier alpha value is -1.78. The fourth-order valence-corrected chi connectivity index (χ4v) is 2.31. The first kappa shape index (κ1) is 12.3. The normalized spacial score (nSPS) is 11.1. The number of hydrogen-bond acceptors (Lipinski definition) is 2. The van der Waals surface area contributed by atoms with E-state index in [1.165, 1.54) is 6.07 Å². The number of hydrogen-bond donors (Lipinski definition) is 1. The maximum absolute atomic E-state index is 11.1. The number of imidazole rings is 1. The smallest absolute Gasteiger partial charge is 0.247 e. The van der Waals surface area contributed by atoms with Crippen LogP contribution in [0.25, 0.3) is 22.4 Å². The molecule has 4 nitrogen and oxygen atoms in total. The van der Waals surface area contributed by atoms with E-state index in [-0.39, 0.29) is 5.56 Å². The summed E-state index contributed by atoms with van der Waals surface area (Å²) in [4.78, 5) is 18.2. The Balaban J connectivity index is 2.28. The van der Waals surface area contributed by atoms with Gasteiger partial charge in [0.2, 0.25) is 5.56 Å². The molecule has 0 aliphatic rings. The molecule has 3 aromatic rings. The molecular weight excluding hydrogens is 285 g/mol. The molecule has 0 fully saturated rings. The quantitative estimate of drug-likeness (QED) is 0.749. The first-order valence-corrected chi connectivity index (χ1v) is 6.32. The Morgan fingerprint density at radius 3 is 2.63 bits per heavy atom. The summed E-state index contributed by atoms with van der Waals surface area (Å²) in [5.74, 6) is 0.740. The summed E-state index contributed by atoms with van der Waals surface area (Å²) in [7, 11) is 1.89. The minimum Gasteiger partial charge on any atom is -0.328 e. The van der Waals surface area contributed by atoms with Crippen molar-refractivity contribution in [3.63, 3.8) is 0 Å². The number of benzene rings is 1. The van der Waals surface area contributed by atoms with E-state index < -0.39 is 0 Å². The van der Waals surface area contributed by atoms with Gasteiger partial charge in [-0.15, -0.1) is 0 Å². The lowest BCUT2D eigenvalue weighted by Gasteiger charge is -2.02. The van der Waals surface area contributed by atoms with E-state index in [9.17, 15) is 4.79 Å². The van der Waals surface area contributed by atoms with E-state index in [4.69, 9.17) is 23.2 Å². The molecule has 0 spiro atoms. The molecule has 96 valence electrons. The molecule has 6 heteroatoms. The third-order valence-electron chi connectivity index (χ3n) is 2.97. The predicted octanol–water partition coefficient (Wildman–Crippen LogP) is 3.24. The van der Waals surface area contributed by atoms with E-state index in [2.05, 4.69) is 9.97 Å². The lowest BCUT2D eigenvalue weighted by molar-refractivity contribution is 0.957. The first-order chi connectivity index (χ1) is 9.06. The van der Waals surface area contributed by atoms with Crippen LogP contribution < -0.4 is 5.56 Å². The molecule has 0 saturated heterocycles. The van der Waals surface area contributed by atoms with Crippen LogP contribution in [0.5, 0.6) is 0 Å². The van der Waals surface area contributed by atoms with Crippen molar-refractivity contribution in [2.24, 2.45) is 7.05 Å². The molecule has 2 aromatic heterocycles. The van der Waals surface area contributed by atoms with Crippen molar-refractivity contribution < 1.29 is 0 Å². The number of nitrogens with zero attached hydrogens (tertiary/aromatic N) is 2. The predicted molar refractivity (Wildman–Crippen MR) is 76.8 cm³/mol. The number of rotatable bonds is 1. The highest BCUT2D eigenvalue weighted by atomic mass is 35.5. The Bertz CT molecular complexity index is 815. The van der Waals surface area contributed by atoms with Crippen molar-refractivity contribution in [3.05, 3.63) is 50.9 Å². The minimum absolute atomic E-state index is 0.145. The van der Waals surface area contributed by atoms with Crippen molar-refractivity contribution in [1.29, 1.82) is 0 Å². The van der Waals surface area contributed by atoms with Crippen LogP contribution >= 0.6 is 23.2 Å². The van der Waals surface area contributed by atoms with Crippen LogP contribution in [0.3, 0.4) is 0 Å². The molecule has 0 aliphatic heterocycles. The summed E-state index contributed by atoms with van der Waals surface area (Å²) in [6.45, 7) is 0. The second-order valence-electron chi connectivity index (χ2n) is 4.19. The van der Waals surface area contributed by atoms with E-state index in [0.29, 0.717) is 10.0 Å². The maximum atomic E-state index is 11.1. The second-order valence-corrected chi connectivity index (χ2v) is 5.01. The summed E-state index contributed by atoms with van der Waals surface area (Å²) in [6.07, 6.45) is 1.63. The van der Waals surface area contributed by atoms with Gasteiger partial charge in [0.25, 0.3) is 0 Å². The molecule has 0 amide bonds. The molecule has 2 heterocycles. The van der Waals surface area contributed by atoms with E-state index in [1.54, 1.807) is 24.4 Å². The molecule has 0 unspecified atom stereocenters. The number of nitrogens with one attached hydrogen (secondary N) is 1. The topological polar surface area (TPSA) is 50.7 Å². The minimum atomic E-state index is -0.145. The lowest BCUT2D eigenvalue weighted by Crippen LogP contribution is -2.02. The number of fused-ring (bicyclic) bond motifs is 1. The van der Waals surface area contributed by atoms with Crippen molar-refractivity contribution >= 4 is 34.2 Å². The summed E-state index contributed by atoms with van der Waals surface area (Å²) in [5.41, 5.74) is 2.33. The Morgan fingerprint density at radius 1 is 1.21 bits per heavy atom. The molecular formula is C13H9Cl2N3O. The van der Waals surface area contributed by atoms with E-state index in [1.807, 2.05) is 11.6 Å². The molecule has 0 bridgehead atoms. The van der Waals surface area contributed by atoms with Gasteiger partial charge in [-0.3, -0.25) is 4.79 Å². The van der Waals surface area contributed by atoms with Gasteiger partial charge in [0.15, 0.2) is 0 Å². The highest BCUT2D eigenvalue weighted by Crippen LogP contribution is 2.30. The number of aromatic nitrogens is 3. The molecule has 19 heavy (non-hydrogen) atoms. The van der Waals surface area contributed by atoms with E-state index >= 15 is 0 Å². The first-order valence-electron chi connectivity index (χ1n) is 5.57. The van der Waals surface area contributed by atoms with Crippen LogP contribution in [0.4, 0.5) is 0 Å². The molecule has 3 rings (SSSR count). The maximum Gasteiger partial charge on any atom is 0.247 e. The van der Waals surface area contributed by atoms with Gasteiger partial charge < -0.3 is 9.55 Å². The molecule has 0 radical (unpaired) electrons. The van der Waals surface area contributed by atoms with Gasteiger partial charge in [-0.25, -0.2) is 4.98 Å². The van der Waals surface area contributed by atoms with Gasteiger partial charge in [0, 0.05) is 24.9 Å². The zero-order valence-electron chi connectivity index (χ0n) is 9.95. The summed E-state index contributed by atoms with van der Waals surface area (Å²) < 4.78 is 1.91. The number of pyridine rings is 1. The third-order valence-corrected chi connectivity index (χ3v) is 3.69. The monoisotopic (exact) mass is 293 g/mol. The Kier molecular flexibility index (Phi) is 2.84. The van der Waals surface area contributed by atoms with Gasteiger partial charge in [-0.2, -0.15) is 0 Å². The molecule has 1 aromatic carbocycles. The highest BCUT2D eigenvalue weighted by molar-refractivity contribution is 6.42. The third kappa shape index (κ3) is 2.03. The van der Waals surface area contributed by atoms with Crippen LogP contribution in [0.15, 0.2) is 35.3 Å². The fraction of sp³-hybridized carbons (Fsp3) is 0.0769. The van der Waals surface area contributed by atoms with Gasteiger partial charge in [0.1, 0.15) is 5.82 Å². The molecule has 1 N–H and O–H groups in total. The summed E-state index contributed by atoms with van der Waals surface area (Å²) >= 11 is 12.0. The largest absolute Gasteiger partial charge is 0.328 e. The van der Waals surface area contributed by atoms with Crippen LogP contribution in [0.2, 0.25) is 10.0 Å². The van der Waals surface area contributed by atoms with Crippen molar-refractivity contribution in [3.8, 4) is 11.4 Å². The zero-order valence-corrected chi connectivity index (χ0v) is 11.5.